The van der Waals surface area contributed by atoms with Crippen LogP contribution in [0.1, 0.15) is 5.69 Å². The van der Waals surface area contributed by atoms with Crippen LogP contribution in [0.5, 0.6) is 0 Å². The lowest BCUT2D eigenvalue weighted by atomic mass is 10.3. The fourth-order valence-corrected chi connectivity index (χ4v) is 2.42. The van der Waals surface area contributed by atoms with Crippen molar-refractivity contribution in [3.63, 3.8) is 0 Å². The molecule has 3 aromatic rings. The maximum absolute atomic E-state index is 13.8. The van der Waals surface area contributed by atoms with E-state index in [1.807, 2.05) is 0 Å². The lowest BCUT2D eigenvalue weighted by Crippen LogP contribution is -2.03. The number of benzene rings is 2. The minimum absolute atomic E-state index is 0.0764. The second-order valence-electron chi connectivity index (χ2n) is 5.22. The molecule has 25 heavy (non-hydrogen) atoms. The highest BCUT2D eigenvalue weighted by Crippen LogP contribution is 2.27. The first kappa shape index (κ1) is 17.4. The average molecular weight is 381 g/mol. The molecule has 0 aliphatic heterocycles. The minimum atomic E-state index is -0.732. The molecule has 2 aromatic carbocycles. The Hall–Kier alpha value is -2.44. The number of halogens is 4. The monoisotopic (exact) mass is 380 g/mol. The summed E-state index contributed by atoms with van der Waals surface area (Å²) in [6.07, 6.45) is 0. The standard InChI is InChI=1S/C17H12Cl2F2N4/c1-9-6-16(23-11-3-4-12(18)13(19)8-11)25-17(22-9)24-15-5-2-10(20)7-14(15)21/h2-8H,1H3,(H2,22,23,24,25). The quantitative estimate of drug-likeness (QED) is 0.595. The Labute approximate surface area is 152 Å². The van der Waals surface area contributed by atoms with Gasteiger partial charge in [-0.15, -0.1) is 0 Å². The van der Waals surface area contributed by atoms with E-state index in [1.165, 1.54) is 6.07 Å². The highest BCUT2D eigenvalue weighted by atomic mass is 35.5. The van der Waals surface area contributed by atoms with Gasteiger partial charge >= 0.3 is 0 Å². The van der Waals surface area contributed by atoms with Gasteiger partial charge in [-0.1, -0.05) is 23.2 Å². The van der Waals surface area contributed by atoms with E-state index in [4.69, 9.17) is 23.2 Å². The first-order chi connectivity index (χ1) is 11.9. The van der Waals surface area contributed by atoms with Crippen molar-refractivity contribution in [3.05, 3.63) is 69.8 Å². The van der Waals surface area contributed by atoms with E-state index in [-0.39, 0.29) is 11.6 Å². The molecule has 128 valence electrons. The summed E-state index contributed by atoms with van der Waals surface area (Å²) in [5.41, 5.74) is 1.42. The Balaban J connectivity index is 1.86. The van der Waals surface area contributed by atoms with Crippen molar-refractivity contribution in [2.75, 3.05) is 10.6 Å². The smallest absolute Gasteiger partial charge is 0.229 e. The molecule has 3 rings (SSSR count). The molecule has 0 saturated heterocycles. The number of aryl methyl sites for hydroxylation is 1. The summed E-state index contributed by atoms with van der Waals surface area (Å²) < 4.78 is 26.8. The summed E-state index contributed by atoms with van der Waals surface area (Å²) in [7, 11) is 0. The largest absolute Gasteiger partial charge is 0.340 e. The predicted molar refractivity (Wildman–Crippen MR) is 96.2 cm³/mol. The van der Waals surface area contributed by atoms with Crippen LogP contribution in [0, 0.1) is 18.6 Å². The molecular formula is C17H12Cl2F2N4. The predicted octanol–water partition coefficient (Wildman–Crippen LogP) is 5.86. The number of nitrogens with zero attached hydrogens (tertiary/aromatic N) is 2. The normalized spacial score (nSPS) is 10.6. The molecular weight excluding hydrogens is 369 g/mol. The third kappa shape index (κ3) is 4.35. The summed E-state index contributed by atoms with van der Waals surface area (Å²) in [5, 5.41) is 6.66. The van der Waals surface area contributed by atoms with E-state index < -0.39 is 11.6 Å². The number of hydrogen-bond acceptors (Lipinski definition) is 4. The van der Waals surface area contributed by atoms with E-state index in [2.05, 4.69) is 20.6 Å². The van der Waals surface area contributed by atoms with Crippen molar-refractivity contribution in [2.24, 2.45) is 0 Å². The Morgan fingerprint density at radius 2 is 1.68 bits per heavy atom. The van der Waals surface area contributed by atoms with Crippen LogP contribution in [0.3, 0.4) is 0 Å². The number of aromatic nitrogens is 2. The molecule has 0 fully saturated rings. The number of hydrogen-bond donors (Lipinski definition) is 2. The maximum Gasteiger partial charge on any atom is 0.229 e. The molecule has 0 bridgehead atoms. The molecule has 0 radical (unpaired) electrons. The second-order valence-corrected chi connectivity index (χ2v) is 6.04. The van der Waals surface area contributed by atoms with Crippen molar-refractivity contribution in [1.29, 1.82) is 0 Å². The minimum Gasteiger partial charge on any atom is -0.340 e. The van der Waals surface area contributed by atoms with Gasteiger partial charge < -0.3 is 10.6 Å². The van der Waals surface area contributed by atoms with Crippen LogP contribution in [0.15, 0.2) is 42.5 Å². The van der Waals surface area contributed by atoms with E-state index in [0.717, 1.165) is 12.1 Å². The summed E-state index contributed by atoms with van der Waals surface area (Å²) in [6, 6.07) is 10.0. The average Bonchev–Trinajstić information content (AvgIpc) is 2.53. The van der Waals surface area contributed by atoms with Crippen LogP contribution >= 0.6 is 23.2 Å². The first-order valence-electron chi connectivity index (χ1n) is 7.20. The molecule has 1 aromatic heterocycles. The van der Waals surface area contributed by atoms with E-state index >= 15 is 0 Å². The van der Waals surface area contributed by atoms with Gasteiger partial charge in [-0.3, -0.25) is 0 Å². The topological polar surface area (TPSA) is 49.8 Å². The van der Waals surface area contributed by atoms with E-state index in [9.17, 15) is 8.78 Å². The van der Waals surface area contributed by atoms with Crippen molar-refractivity contribution < 1.29 is 8.78 Å². The van der Waals surface area contributed by atoms with Gasteiger partial charge in [0.2, 0.25) is 5.95 Å². The SMILES string of the molecule is Cc1cc(Nc2ccc(Cl)c(Cl)c2)nc(Nc2ccc(F)cc2F)n1. The van der Waals surface area contributed by atoms with Gasteiger partial charge in [0.05, 0.1) is 15.7 Å². The Morgan fingerprint density at radius 1 is 0.880 bits per heavy atom. The van der Waals surface area contributed by atoms with Gasteiger partial charge in [0.15, 0.2) is 0 Å². The zero-order valence-electron chi connectivity index (χ0n) is 12.9. The molecule has 0 amide bonds. The van der Waals surface area contributed by atoms with Gasteiger partial charge in [0.25, 0.3) is 0 Å². The van der Waals surface area contributed by atoms with Gasteiger partial charge in [0, 0.05) is 23.5 Å². The molecule has 0 saturated carbocycles. The van der Waals surface area contributed by atoms with Crippen molar-refractivity contribution in [1.82, 2.24) is 9.97 Å². The zero-order chi connectivity index (χ0) is 18.0. The molecule has 0 spiro atoms. The van der Waals surface area contributed by atoms with Crippen LogP contribution in [0.4, 0.5) is 31.9 Å². The van der Waals surface area contributed by atoms with Crippen LogP contribution in [0.2, 0.25) is 10.0 Å². The third-order valence-corrected chi connectivity index (χ3v) is 3.96. The first-order valence-corrected chi connectivity index (χ1v) is 7.96. The van der Waals surface area contributed by atoms with Crippen LogP contribution in [-0.4, -0.2) is 9.97 Å². The van der Waals surface area contributed by atoms with Gasteiger partial charge in [-0.2, -0.15) is 4.98 Å². The molecule has 0 aliphatic rings. The lowest BCUT2D eigenvalue weighted by molar-refractivity contribution is 0.586. The Kier molecular flexibility index (Phi) is 5.01. The van der Waals surface area contributed by atoms with Crippen LogP contribution in [0.25, 0.3) is 0 Å². The highest BCUT2D eigenvalue weighted by Gasteiger charge is 2.08. The summed E-state index contributed by atoms with van der Waals surface area (Å²) in [6.45, 7) is 1.77. The number of nitrogens with one attached hydrogen (secondary N) is 2. The summed E-state index contributed by atoms with van der Waals surface area (Å²) in [4.78, 5) is 8.47. The van der Waals surface area contributed by atoms with Gasteiger partial charge in [-0.25, -0.2) is 13.8 Å². The Bertz CT molecular complexity index is 935. The maximum atomic E-state index is 13.8. The summed E-state index contributed by atoms with van der Waals surface area (Å²) in [5.74, 6) is -0.733. The molecule has 0 atom stereocenters. The fourth-order valence-electron chi connectivity index (χ4n) is 2.12. The van der Waals surface area contributed by atoms with Crippen LogP contribution < -0.4 is 10.6 Å². The lowest BCUT2D eigenvalue weighted by Gasteiger charge is -2.11. The highest BCUT2D eigenvalue weighted by molar-refractivity contribution is 6.42. The van der Waals surface area contributed by atoms with Crippen molar-refractivity contribution in [3.8, 4) is 0 Å². The van der Waals surface area contributed by atoms with Gasteiger partial charge in [0.1, 0.15) is 17.5 Å². The molecule has 0 aliphatic carbocycles. The summed E-state index contributed by atoms with van der Waals surface area (Å²) >= 11 is 11.9. The molecule has 8 heteroatoms. The van der Waals surface area contributed by atoms with Crippen molar-refractivity contribution >= 4 is 46.3 Å². The Morgan fingerprint density at radius 3 is 2.40 bits per heavy atom. The van der Waals surface area contributed by atoms with Crippen LogP contribution in [-0.2, 0) is 0 Å². The number of anilines is 4. The third-order valence-electron chi connectivity index (χ3n) is 3.22. The number of rotatable bonds is 4. The molecule has 2 N–H and O–H groups in total. The molecule has 4 nitrogen and oxygen atoms in total. The van der Waals surface area contributed by atoms with E-state index in [0.29, 0.717) is 27.2 Å². The van der Waals surface area contributed by atoms with Crippen molar-refractivity contribution in [2.45, 2.75) is 6.92 Å². The zero-order valence-corrected chi connectivity index (χ0v) is 14.5. The van der Waals surface area contributed by atoms with E-state index in [1.54, 1.807) is 31.2 Å². The molecule has 1 heterocycles. The molecule has 0 unspecified atom stereocenters. The van der Waals surface area contributed by atoms with Gasteiger partial charge in [-0.05, 0) is 37.3 Å². The second kappa shape index (κ2) is 7.21. The fraction of sp³-hybridized carbons (Fsp3) is 0.0588.